The van der Waals surface area contributed by atoms with Crippen LogP contribution in [0.2, 0.25) is 5.02 Å². The smallest absolute Gasteiger partial charge is 0.319 e. The van der Waals surface area contributed by atoms with E-state index in [0.29, 0.717) is 24.4 Å². The van der Waals surface area contributed by atoms with Crippen LogP contribution in [0.1, 0.15) is 24.8 Å². The number of hydrogen-bond acceptors (Lipinski definition) is 7. The summed E-state index contributed by atoms with van der Waals surface area (Å²) >= 11 is 6.77. The van der Waals surface area contributed by atoms with Crippen molar-refractivity contribution in [3.63, 3.8) is 0 Å². The van der Waals surface area contributed by atoms with Crippen LogP contribution < -0.4 is 19.9 Å². The predicted octanol–water partition coefficient (Wildman–Crippen LogP) is 4.53. The lowest BCUT2D eigenvalue weighted by molar-refractivity contribution is 0.188. The fourth-order valence-corrected chi connectivity index (χ4v) is 6.03. The summed E-state index contributed by atoms with van der Waals surface area (Å²) in [5.41, 5.74) is 2.06. The number of likely N-dealkylation sites (tertiary alicyclic amines) is 1. The van der Waals surface area contributed by atoms with Crippen LogP contribution in [0, 0.1) is 11.6 Å². The van der Waals surface area contributed by atoms with Crippen molar-refractivity contribution in [2.24, 2.45) is 0 Å². The van der Waals surface area contributed by atoms with Gasteiger partial charge in [0.25, 0.3) is 0 Å². The number of nitrogens with one attached hydrogen (secondary N) is 1. The molecule has 0 aliphatic carbocycles. The van der Waals surface area contributed by atoms with E-state index in [-0.39, 0.29) is 34.1 Å². The Labute approximate surface area is 220 Å². The standard InChI is InChI=1S/C27H31ClF2N6O/c1-34-10-3-5-19(34)16-37-27-32-24-20(26(33-27)35-12-8-31-9-13-35)15-21(28)25(23(24)30)36-11-2-4-17-14-18(29)6-7-22(17)36/h6-7,14-15,19,31H,2-5,8-13,16H2,1H3/t19-/m0/s1. The Morgan fingerprint density at radius 3 is 2.70 bits per heavy atom. The van der Waals surface area contributed by atoms with E-state index in [0.717, 1.165) is 69.7 Å². The zero-order valence-corrected chi connectivity index (χ0v) is 21.7. The van der Waals surface area contributed by atoms with E-state index >= 15 is 4.39 Å². The molecular formula is C27H31ClF2N6O. The molecule has 4 heterocycles. The topological polar surface area (TPSA) is 56.8 Å². The molecule has 2 saturated heterocycles. The van der Waals surface area contributed by atoms with Gasteiger partial charge in [-0.3, -0.25) is 0 Å². The lowest BCUT2D eigenvalue weighted by Gasteiger charge is -2.33. The summed E-state index contributed by atoms with van der Waals surface area (Å²) in [6.07, 6.45) is 3.69. The molecule has 3 aliphatic heterocycles. The third-order valence-electron chi connectivity index (χ3n) is 7.74. The summed E-state index contributed by atoms with van der Waals surface area (Å²) in [7, 11) is 2.09. The fraction of sp³-hybridized carbons (Fsp3) is 0.481. The molecule has 0 saturated carbocycles. The van der Waals surface area contributed by atoms with Gasteiger partial charge in [0.05, 0.1) is 10.7 Å². The quantitative estimate of drug-likeness (QED) is 0.522. The number of hydrogen-bond donors (Lipinski definition) is 1. The number of aryl methyl sites for hydroxylation is 1. The maximum atomic E-state index is 16.4. The minimum Gasteiger partial charge on any atom is -0.462 e. The Hall–Kier alpha value is -2.75. The van der Waals surface area contributed by atoms with Gasteiger partial charge in [0, 0.05) is 49.8 Å². The van der Waals surface area contributed by atoms with Gasteiger partial charge in [-0.05, 0) is 69.1 Å². The summed E-state index contributed by atoms with van der Waals surface area (Å²) in [5, 5.41) is 4.19. The second-order valence-corrected chi connectivity index (χ2v) is 10.5. The van der Waals surface area contributed by atoms with Gasteiger partial charge < -0.3 is 24.8 Å². The number of nitrogens with zero attached hydrogens (tertiary/aromatic N) is 5. The second-order valence-electron chi connectivity index (χ2n) is 10.1. The molecule has 0 unspecified atom stereocenters. The predicted molar refractivity (Wildman–Crippen MR) is 142 cm³/mol. The number of fused-ring (bicyclic) bond motifs is 2. The first-order valence-corrected chi connectivity index (χ1v) is 13.4. The van der Waals surface area contributed by atoms with Gasteiger partial charge >= 0.3 is 6.01 Å². The van der Waals surface area contributed by atoms with Crippen molar-refractivity contribution < 1.29 is 13.5 Å². The van der Waals surface area contributed by atoms with Gasteiger partial charge in [0.1, 0.15) is 23.8 Å². The van der Waals surface area contributed by atoms with Crippen LogP contribution in [0.3, 0.4) is 0 Å². The zero-order valence-electron chi connectivity index (χ0n) is 20.9. The number of anilines is 3. The molecule has 10 heteroatoms. The maximum Gasteiger partial charge on any atom is 0.319 e. The highest BCUT2D eigenvalue weighted by Gasteiger charge is 2.29. The molecular weight excluding hydrogens is 498 g/mol. The van der Waals surface area contributed by atoms with Crippen LogP contribution in [-0.2, 0) is 6.42 Å². The first kappa shape index (κ1) is 24.6. The van der Waals surface area contributed by atoms with Crippen LogP contribution in [0.4, 0.5) is 26.0 Å². The number of halogens is 3. The Kier molecular flexibility index (Phi) is 6.77. The summed E-state index contributed by atoms with van der Waals surface area (Å²) in [5.74, 6) is -0.176. The average molecular weight is 529 g/mol. The molecule has 2 fully saturated rings. The lowest BCUT2D eigenvalue weighted by atomic mass is 10.0. The normalized spacial score (nSPS) is 20.5. The highest BCUT2D eigenvalue weighted by Crippen LogP contribution is 2.43. The minimum atomic E-state index is -0.513. The molecule has 1 atom stereocenters. The fourth-order valence-electron chi connectivity index (χ4n) is 5.74. The van der Waals surface area contributed by atoms with Crippen LogP contribution in [0.5, 0.6) is 6.01 Å². The maximum absolute atomic E-state index is 16.4. The third-order valence-corrected chi connectivity index (χ3v) is 8.03. The van der Waals surface area contributed by atoms with Gasteiger partial charge in [0.2, 0.25) is 0 Å². The number of likely N-dealkylation sites (N-methyl/N-ethyl adjacent to an activating group) is 1. The Morgan fingerprint density at radius 2 is 1.92 bits per heavy atom. The number of ether oxygens (including phenoxy) is 1. The van der Waals surface area contributed by atoms with E-state index < -0.39 is 5.82 Å². The molecule has 7 nitrogen and oxygen atoms in total. The Morgan fingerprint density at radius 1 is 1.08 bits per heavy atom. The molecule has 3 aliphatic rings. The van der Waals surface area contributed by atoms with Gasteiger partial charge in [-0.25, -0.2) is 8.78 Å². The van der Waals surface area contributed by atoms with Crippen molar-refractivity contribution in [3.05, 3.63) is 46.5 Å². The SMILES string of the molecule is CN1CCC[C@H]1COc1nc(N2CCNCC2)c2cc(Cl)c(N3CCCc4cc(F)ccc43)c(F)c2n1. The van der Waals surface area contributed by atoms with Crippen molar-refractivity contribution in [2.75, 3.05) is 62.7 Å². The van der Waals surface area contributed by atoms with Crippen LogP contribution >= 0.6 is 11.6 Å². The molecule has 0 bridgehead atoms. The molecule has 37 heavy (non-hydrogen) atoms. The first-order valence-electron chi connectivity index (χ1n) is 13.0. The summed E-state index contributed by atoms with van der Waals surface area (Å²) < 4.78 is 36.4. The van der Waals surface area contributed by atoms with Crippen molar-refractivity contribution in [1.29, 1.82) is 0 Å². The molecule has 1 N–H and O–H groups in total. The number of aromatic nitrogens is 2. The molecule has 196 valence electrons. The van der Waals surface area contributed by atoms with E-state index in [9.17, 15) is 4.39 Å². The largest absolute Gasteiger partial charge is 0.462 e. The molecule has 0 amide bonds. The zero-order chi connectivity index (χ0) is 25.5. The number of rotatable bonds is 5. The highest BCUT2D eigenvalue weighted by molar-refractivity contribution is 6.34. The highest BCUT2D eigenvalue weighted by atomic mass is 35.5. The Balaban J connectivity index is 1.45. The minimum absolute atomic E-state index is 0.176. The monoisotopic (exact) mass is 528 g/mol. The van der Waals surface area contributed by atoms with Gasteiger partial charge in [-0.2, -0.15) is 9.97 Å². The lowest BCUT2D eigenvalue weighted by Crippen LogP contribution is -2.44. The van der Waals surface area contributed by atoms with E-state index in [1.54, 1.807) is 12.1 Å². The molecule has 0 radical (unpaired) electrons. The van der Waals surface area contributed by atoms with Crippen molar-refractivity contribution in [2.45, 2.75) is 31.7 Å². The summed E-state index contributed by atoms with van der Waals surface area (Å²) in [6.45, 7) is 5.17. The van der Waals surface area contributed by atoms with E-state index in [4.69, 9.17) is 21.3 Å². The van der Waals surface area contributed by atoms with Gasteiger partial charge in [-0.1, -0.05) is 11.6 Å². The average Bonchev–Trinajstić information content (AvgIpc) is 3.32. The second kappa shape index (κ2) is 10.2. The number of piperazine rings is 1. The molecule has 0 spiro atoms. The third kappa shape index (κ3) is 4.69. The summed E-state index contributed by atoms with van der Waals surface area (Å²) in [6, 6.07) is 6.85. The van der Waals surface area contributed by atoms with Crippen LogP contribution in [0.15, 0.2) is 24.3 Å². The molecule has 2 aromatic carbocycles. The molecule has 3 aromatic rings. The number of benzene rings is 2. The van der Waals surface area contributed by atoms with E-state index in [1.807, 2.05) is 4.90 Å². The Bertz CT molecular complexity index is 1320. The van der Waals surface area contributed by atoms with Crippen molar-refractivity contribution in [3.8, 4) is 6.01 Å². The molecule has 6 rings (SSSR count). The van der Waals surface area contributed by atoms with Gasteiger partial charge in [-0.15, -0.1) is 0 Å². The van der Waals surface area contributed by atoms with E-state index in [2.05, 4.69) is 27.1 Å². The summed E-state index contributed by atoms with van der Waals surface area (Å²) in [4.78, 5) is 15.6. The van der Waals surface area contributed by atoms with Crippen LogP contribution in [0.25, 0.3) is 10.9 Å². The van der Waals surface area contributed by atoms with Gasteiger partial charge in [0.15, 0.2) is 5.82 Å². The molecule has 1 aromatic heterocycles. The van der Waals surface area contributed by atoms with Crippen molar-refractivity contribution >= 4 is 39.7 Å². The van der Waals surface area contributed by atoms with Crippen LogP contribution in [-0.4, -0.2) is 73.8 Å². The first-order chi connectivity index (χ1) is 18.0. The van der Waals surface area contributed by atoms with E-state index in [1.165, 1.54) is 12.1 Å². The van der Waals surface area contributed by atoms with Crippen molar-refractivity contribution in [1.82, 2.24) is 20.2 Å².